The minimum atomic E-state index is -1.68. The first-order valence-electron chi connectivity index (χ1n) is 4.03. The normalized spacial score (nSPS) is 11.7. The Morgan fingerprint density at radius 2 is 1.67 bits per heavy atom. The Bertz CT molecular complexity index is 450. The highest BCUT2D eigenvalue weighted by Crippen LogP contribution is 2.38. The fraction of sp³-hybridized carbons (Fsp3) is 0.111. The second kappa shape index (κ2) is 4.00. The molecule has 1 aromatic carbocycles. The van der Waals surface area contributed by atoms with Gasteiger partial charge in [0.1, 0.15) is 0 Å². The number of nitrogens with zero attached hydrogens (tertiary/aromatic N) is 2. The first kappa shape index (κ1) is 10.7. The zero-order valence-corrected chi connectivity index (χ0v) is 9.59. The molecule has 2 aromatic rings. The largest absolute Gasteiger partial charge is 0.416 e. The van der Waals surface area contributed by atoms with E-state index in [-0.39, 0.29) is 5.89 Å². The lowest BCUT2D eigenvalue weighted by molar-refractivity contribution is 0.514. The molecule has 0 amide bonds. The lowest BCUT2D eigenvalue weighted by Crippen LogP contribution is -1.99. The topological polar surface area (TPSA) is 38.9 Å². The lowest BCUT2D eigenvalue weighted by atomic mass is 10.2. The lowest BCUT2D eigenvalue weighted by Gasteiger charge is -2.02. The first-order valence-corrected chi connectivity index (χ1v) is 5.17. The molecular formula is C9H5Cl3N2O. The maximum atomic E-state index is 5.59. The molecule has 15 heavy (non-hydrogen) atoms. The molecule has 6 heteroatoms. The van der Waals surface area contributed by atoms with E-state index in [0.29, 0.717) is 5.89 Å². The van der Waals surface area contributed by atoms with E-state index in [4.69, 9.17) is 39.2 Å². The zero-order valence-electron chi connectivity index (χ0n) is 7.32. The van der Waals surface area contributed by atoms with Gasteiger partial charge in [0, 0.05) is 5.56 Å². The van der Waals surface area contributed by atoms with Crippen LogP contribution in [0.1, 0.15) is 5.89 Å². The molecule has 0 aliphatic rings. The second-order valence-corrected chi connectivity index (χ2v) is 5.06. The fourth-order valence-electron chi connectivity index (χ4n) is 1.04. The number of rotatable bonds is 1. The summed E-state index contributed by atoms with van der Waals surface area (Å²) in [4.78, 5) is 0. The van der Waals surface area contributed by atoms with Crippen molar-refractivity contribution in [3.8, 4) is 11.5 Å². The van der Waals surface area contributed by atoms with Gasteiger partial charge in [-0.25, -0.2) is 0 Å². The van der Waals surface area contributed by atoms with Crippen molar-refractivity contribution < 1.29 is 4.42 Å². The highest BCUT2D eigenvalue weighted by Gasteiger charge is 2.30. The Labute approximate surface area is 101 Å². The van der Waals surface area contributed by atoms with Crippen molar-refractivity contribution in [3.63, 3.8) is 0 Å². The molecule has 0 saturated carbocycles. The maximum Gasteiger partial charge on any atom is 0.268 e. The number of alkyl halides is 3. The van der Waals surface area contributed by atoms with Crippen LogP contribution in [0.4, 0.5) is 0 Å². The molecule has 1 aromatic heterocycles. The van der Waals surface area contributed by atoms with Gasteiger partial charge in [-0.05, 0) is 12.1 Å². The minimum absolute atomic E-state index is 0.0358. The van der Waals surface area contributed by atoms with Gasteiger partial charge in [0.25, 0.3) is 9.68 Å². The van der Waals surface area contributed by atoms with E-state index >= 15 is 0 Å². The Morgan fingerprint density at radius 3 is 2.20 bits per heavy atom. The molecule has 0 bridgehead atoms. The zero-order chi connectivity index (χ0) is 10.9. The molecule has 0 unspecified atom stereocenters. The van der Waals surface area contributed by atoms with Gasteiger partial charge in [0.15, 0.2) is 0 Å². The van der Waals surface area contributed by atoms with Gasteiger partial charge in [0.2, 0.25) is 5.89 Å². The molecular weight excluding hydrogens is 258 g/mol. The Balaban J connectivity index is 2.37. The maximum absolute atomic E-state index is 5.59. The minimum Gasteiger partial charge on any atom is -0.416 e. The molecule has 0 saturated heterocycles. The SMILES string of the molecule is ClC(Cl)(Cl)c1nnc(-c2ccccc2)o1. The van der Waals surface area contributed by atoms with E-state index in [2.05, 4.69) is 10.2 Å². The summed E-state index contributed by atoms with van der Waals surface area (Å²) < 4.78 is 3.54. The van der Waals surface area contributed by atoms with Crippen molar-refractivity contribution in [1.29, 1.82) is 0 Å². The van der Waals surface area contributed by atoms with E-state index in [0.717, 1.165) is 5.56 Å². The van der Waals surface area contributed by atoms with E-state index in [9.17, 15) is 0 Å². The van der Waals surface area contributed by atoms with Crippen molar-refractivity contribution in [1.82, 2.24) is 10.2 Å². The second-order valence-electron chi connectivity index (χ2n) is 2.78. The van der Waals surface area contributed by atoms with E-state index < -0.39 is 3.79 Å². The molecule has 0 atom stereocenters. The summed E-state index contributed by atoms with van der Waals surface area (Å²) in [6.45, 7) is 0. The van der Waals surface area contributed by atoms with Crippen LogP contribution in [0.5, 0.6) is 0 Å². The molecule has 0 aliphatic heterocycles. The van der Waals surface area contributed by atoms with Crippen LogP contribution in [0.25, 0.3) is 11.5 Å². The molecule has 78 valence electrons. The highest BCUT2D eigenvalue weighted by molar-refractivity contribution is 6.66. The van der Waals surface area contributed by atoms with Gasteiger partial charge >= 0.3 is 0 Å². The van der Waals surface area contributed by atoms with Crippen LogP contribution in [0.15, 0.2) is 34.7 Å². The first-order chi connectivity index (χ1) is 7.07. The van der Waals surface area contributed by atoms with Crippen LogP contribution in [0, 0.1) is 0 Å². The van der Waals surface area contributed by atoms with Gasteiger partial charge in [-0.1, -0.05) is 53.0 Å². The van der Waals surface area contributed by atoms with E-state index in [1.54, 1.807) is 0 Å². The Morgan fingerprint density at radius 1 is 1.00 bits per heavy atom. The summed E-state index contributed by atoms with van der Waals surface area (Å²) in [5.41, 5.74) is 0.783. The third-order valence-corrected chi connectivity index (χ3v) is 2.17. The molecule has 0 spiro atoms. The summed E-state index contributed by atoms with van der Waals surface area (Å²) >= 11 is 16.8. The number of hydrogen-bond donors (Lipinski definition) is 0. The summed E-state index contributed by atoms with van der Waals surface area (Å²) in [7, 11) is 0. The Kier molecular flexibility index (Phi) is 2.87. The third kappa shape index (κ3) is 2.43. The summed E-state index contributed by atoms with van der Waals surface area (Å²) in [5.74, 6) is 0.295. The van der Waals surface area contributed by atoms with Gasteiger partial charge in [-0.2, -0.15) is 0 Å². The van der Waals surface area contributed by atoms with Crippen LogP contribution in [0.2, 0.25) is 0 Å². The van der Waals surface area contributed by atoms with E-state index in [1.165, 1.54) is 0 Å². The van der Waals surface area contributed by atoms with Gasteiger partial charge in [-0.3, -0.25) is 0 Å². The van der Waals surface area contributed by atoms with Crippen LogP contribution >= 0.6 is 34.8 Å². The van der Waals surface area contributed by atoms with Crippen LogP contribution in [-0.4, -0.2) is 10.2 Å². The van der Waals surface area contributed by atoms with E-state index in [1.807, 2.05) is 30.3 Å². The van der Waals surface area contributed by atoms with Crippen LogP contribution < -0.4 is 0 Å². The quantitative estimate of drug-likeness (QED) is 0.738. The molecule has 0 aliphatic carbocycles. The summed E-state index contributed by atoms with van der Waals surface area (Å²) in [6.07, 6.45) is 0. The molecule has 1 heterocycles. The molecule has 3 nitrogen and oxygen atoms in total. The number of benzene rings is 1. The number of halogens is 3. The van der Waals surface area contributed by atoms with Crippen molar-refractivity contribution in [2.45, 2.75) is 3.79 Å². The molecule has 0 N–H and O–H groups in total. The standard InChI is InChI=1S/C9H5Cl3N2O/c10-9(11,12)8-14-13-7(15-8)6-4-2-1-3-5-6/h1-5H. The van der Waals surface area contributed by atoms with Gasteiger partial charge < -0.3 is 4.42 Å². The summed E-state index contributed by atoms with van der Waals surface area (Å²) in [5, 5.41) is 7.43. The number of hydrogen-bond acceptors (Lipinski definition) is 3. The highest BCUT2D eigenvalue weighted by atomic mass is 35.6. The Hall–Kier alpha value is -0.770. The third-order valence-electron chi connectivity index (χ3n) is 1.69. The molecule has 2 rings (SSSR count). The fourth-order valence-corrected chi connectivity index (χ4v) is 1.26. The smallest absolute Gasteiger partial charge is 0.268 e. The average molecular weight is 264 g/mol. The van der Waals surface area contributed by atoms with Crippen LogP contribution in [0.3, 0.4) is 0 Å². The molecule has 0 fully saturated rings. The monoisotopic (exact) mass is 262 g/mol. The van der Waals surface area contributed by atoms with Crippen molar-refractivity contribution in [2.75, 3.05) is 0 Å². The van der Waals surface area contributed by atoms with Crippen molar-refractivity contribution >= 4 is 34.8 Å². The predicted octanol–water partition coefficient (Wildman–Crippen LogP) is 3.56. The van der Waals surface area contributed by atoms with Gasteiger partial charge in [-0.15, -0.1) is 10.2 Å². The van der Waals surface area contributed by atoms with Gasteiger partial charge in [0.05, 0.1) is 0 Å². The van der Waals surface area contributed by atoms with Crippen molar-refractivity contribution in [3.05, 3.63) is 36.2 Å². The predicted molar refractivity (Wildman–Crippen MR) is 59.0 cm³/mol. The molecule has 0 radical (unpaired) electrons. The average Bonchev–Trinajstić information content (AvgIpc) is 2.67. The number of aromatic nitrogens is 2. The summed E-state index contributed by atoms with van der Waals surface area (Å²) in [6, 6.07) is 9.25. The van der Waals surface area contributed by atoms with Crippen molar-refractivity contribution in [2.24, 2.45) is 0 Å². The van der Waals surface area contributed by atoms with Crippen LogP contribution in [-0.2, 0) is 3.79 Å².